The molecule has 0 saturated carbocycles. The molecule has 0 aliphatic heterocycles. The van der Waals surface area contributed by atoms with Crippen LogP contribution >= 0.6 is 0 Å². The maximum Gasteiger partial charge on any atom is 0.0266 e. The Kier molecular flexibility index (Phi) is 5.18. The van der Waals surface area contributed by atoms with Crippen LogP contribution < -0.4 is 0 Å². The zero-order chi connectivity index (χ0) is 9.40. The van der Waals surface area contributed by atoms with Crippen LogP contribution in [-0.2, 0) is 0 Å². The van der Waals surface area contributed by atoms with E-state index in [1.165, 1.54) is 0 Å². The lowest BCUT2D eigenvalue weighted by molar-refractivity contribution is 1.51. The highest BCUT2D eigenvalue weighted by atomic mass is 14.6. The highest BCUT2D eigenvalue weighted by molar-refractivity contribution is 5.43. The summed E-state index contributed by atoms with van der Waals surface area (Å²) in [5.41, 5.74) is 1.56. The fraction of sp³-hybridized carbons (Fsp3) is 0. The van der Waals surface area contributed by atoms with Crippen molar-refractivity contribution in [2.45, 2.75) is 0 Å². The molecule has 0 unspecified atom stereocenters. The maximum atomic E-state index is 3.76. The lowest BCUT2D eigenvalue weighted by atomic mass is 10.1. The predicted octanol–water partition coefficient (Wildman–Crippen LogP) is 2.53. The molecule has 2 heteroatoms. The molecular formula is C10H12N2. The van der Waals surface area contributed by atoms with Crippen LogP contribution in [0.25, 0.3) is 0 Å². The van der Waals surface area contributed by atoms with Crippen LogP contribution in [0.1, 0.15) is 0 Å². The Morgan fingerprint density at radius 3 is 1.42 bits per heavy atom. The SMILES string of the molecule is C=NC=CC(=C)C(=C)C=CN=C. The fourth-order valence-corrected chi connectivity index (χ4v) is 0.499. The molecule has 0 fully saturated rings. The van der Waals surface area contributed by atoms with Crippen LogP contribution in [0.2, 0.25) is 0 Å². The standard InChI is InChI=1S/C10H12N2/c1-9(5-7-11-3)10(2)6-8-12-4/h5-8H,1-4H2. The monoisotopic (exact) mass is 160 g/mol. The summed E-state index contributed by atoms with van der Waals surface area (Å²) in [4.78, 5) is 7.09. The van der Waals surface area contributed by atoms with Crippen molar-refractivity contribution in [3.63, 3.8) is 0 Å². The topological polar surface area (TPSA) is 24.7 Å². The molecule has 0 aliphatic carbocycles. The van der Waals surface area contributed by atoms with Gasteiger partial charge in [0.05, 0.1) is 0 Å². The van der Waals surface area contributed by atoms with Gasteiger partial charge in [0.2, 0.25) is 0 Å². The van der Waals surface area contributed by atoms with Crippen molar-refractivity contribution in [2.75, 3.05) is 0 Å². The minimum Gasteiger partial charge on any atom is -0.272 e. The van der Waals surface area contributed by atoms with Crippen LogP contribution in [-0.4, -0.2) is 13.4 Å². The van der Waals surface area contributed by atoms with E-state index < -0.39 is 0 Å². The maximum absolute atomic E-state index is 3.76. The van der Waals surface area contributed by atoms with Crippen molar-refractivity contribution in [1.29, 1.82) is 0 Å². The normalized spacial score (nSPS) is 10.3. The second-order valence-electron chi connectivity index (χ2n) is 2.05. The van der Waals surface area contributed by atoms with E-state index in [4.69, 9.17) is 0 Å². The van der Waals surface area contributed by atoms with Crippen molar-refractivity contribution in [3.05, 3.63) is 48.9 Å². The number of allylic oxidation sites excluding steroid dienone is 4. The van der Waals surface area contributed by atoms with Crippen molar-refractivity contribution in [2.24, 2.45) is 9.98 Å². The molecule has 0 radical (unpaired) electrons. The quantitative estimate of drug-likeness (QED) is 0.436. The lowest BCUT2D eigenvalue weighted by Crippen LogP contribution is -1.76. The van der Waals surface area contributed by atoms with Gasteiger partial charge in [-0.3, -0.25) is 9.98 Å². The molecule has 0 aromatic heterocycles. The summed E-state index contributed by atoms with van der Waals surface area (Å²) in [5, 5.41) is 0. The lowest BCUT2D eigenvalue weighted by Gasteiger charge is -1.95. The second kappa shape index (κ2) is 6.04. The van der Waals surface area contributed by atoms with E-state index in [9.17, 15) is 0 Å². The summed E-state index contributed by atoms with van der Waals surface area (Å²) < 4.78 is 0. The number of rotatable bonds is 5. The first kappa shape index (κ1) is 10.3. The zero-order valence-electron chi connectivity index (χ0n) is 7.03. The van der Waals surface area contributed by atoms with Crippen LogP contribution in [0.15, 0.2) is 58.8 Å². The molecule has 0 N–H and O–H groups in total. The molecule has 0 spiro atoms. The van der Waals surface area contributed by atoms with E-state index in [0.717, 1.165) is 11.1 Å². The highest BCUT2D eigenvalue weighted by Gasteiger charge is 1.88. The average Bonchev–Trinajstić information content (AvgIpc) is 2.10. The molecule has 0 amide bonds. The predicted molar refractivity (Wildman–Crippen MR) is 55.7 cm³/mol. The minimum atomic E-state index is 0.780. The Labute approximate surface area is 73.1 Å². The van der Waals surface area contributed by atoms with Crippen molar-refractivity contribution in [1.82, 2.24) is 0 Å². The van der Waals surface area contributed by atoms with Gasteiger partial charge in [-0.15, -0.1) is 0 Å². The zero-order valence-corrected chi connectivity index (χ0v) is 7.03. The molecular weight excluding hydrogens is 148 g/mol. The molecule has 0 atom stereocenters. The molecule has 0 saturated heterocycles. The molecule has 0 aliphatic rings. The number of nitrogens with zero attached hydrogens (tertiary/aromatic N) is 2. The molecule has 12 heavy (non-hydrogen) atoms. The van der Waals surface area contributed by atoms with Gasteiger partial charge in [-0.1, -0.05) is 13.2 Å². The summed E-state index contributed by atoms with van der Waals surface area (Å²) in [7, 11) is 0. The number of hydrogen-bond acceptors (Lipinski definition) is 2. The fourth-order valence-electron chi connectivity index (χ4n) is 0.499. The van der Waals surface area contributed by atoms with Crippen molar-refractivity contribution < 1.29 is 0 Å². The highest BCUT2D eigenvalue weighted by Crippen LogP contribution is 2.07. The molecule has 0 rings (SSSR count). The van der Waals surface area contributed by atoms with Gasteiger partial charge in [0.15, 0.2) is 0 Å². The third-order valence-electron chi connectivity index (χ3n) is 1.17. The smallest absolute Gasteiger partial charge is 0.0266 e. The van der Waals surface area contributed by atoms with Crippen LogP contribution in [0, 0.1) is 0 Å². The first-order valence-corrected chi connectivity index (χ1v) is 3.35. The average molecular weight is 160 g/mol. The van der Waals surface area contributed by atoms with E-state index in [0.29, 0.717) is 0 Å². The van der Waals surface area contributed by atoms with Gasteiger partial charge in [0, 0.05) is 12.4 Å². The first-order chi connectivity index (χ1) is 5.72. The third kappa shape index (κ3) is 4.17. The molecule has 2 nitrogen and oxygen atoms in total. The van der Waals surface area contributed by atoms with Crippen molar-refractivity contribution in [3.8, 4) is 0 Å². The Hall–Kier alpha value is -1.70. The molecule has 0 heterocycles. The second-order valence-corrected chi connectivity index (χ2v) is 2.05. The Morgan fingerprint density at radius 2 is 1.17 bits per heavy atom. The Bertz CT molecular complexity index is 229. The Morgan fingerprint density at radius 1 is 0.833 bits per heavy atom. The van der Waals surface area contributed by atoms with Crippen molar-refractivity contribution >= 4 is 13.4 Å². The van der Waals surface area contributed by atoms with Gasteiger partial charge < -0.3 is 0 Å². The molecule has 0 aromatic rings. The molecule has 0 aromatic carbocycles. The molecule has 0 bridgehead atoms. The van der Waals surface area contributed by atoms with Crippen LogP contribution in [0.4, 0.5) is 0 Å². The minimum absolute atomic E-state index is 0.780. The Balaban J connectivity index is 4.20. The van der Waals surface area contributed by atoms with E-state index in [1.54, 1.807) is 24.6 Å². The number of aliphatic imine (C=N–C) groups is 2. The van der Waals surface area contributed by atoms with Gasteiger partial charge in [-0.2, -0.15) is 0 Å². The largest absolute Gasteiger partial charge is 0.272 e. The van der Waals surface area contributed by atoms with Crippen LogP contribution in [0.3, 0.4) is 0 Å². The summed E-state index contributed by atoms with van der Waals surface area (Å²) in [6.45, 7) is 14.1. The summed E-state index contributed by atoms with van der Waals surface area (Å²) >= 11 is 0. The van der Waals surface area contributed by atoms with E-state index in [2.05, 4.69) is 36.6 Å². The number of hydrogen-bond donors (Lipinski definition) is 0. The van der Waals surface area contributed by atoms with E-state index >= 15 is 0 Å². The van der Waals surface area contributed by atoms with Gasteiger partial charge >= 0.3 is 0 Å². The van der Waals surface area contributed by atoms with Gasteiger partial charge in [0.25, 0.3) is 0 Å². The summed E-state index contributed by atoms with van der Waals surface area (Å²) in [5.74, 6) is 0. The van der Waals surface area contributed by atoms with Gasteiger partial charge in [-0.25, -0.2) is 0 Å². The van der Waals surface area contributed by atoms with E-state index in [1.807, 2.05) is 0 Å². The molecule has 62 valence electrons. The van der Waals surface area contributed by atoms with E-state index in [-0.39, 0.29) is 0 Å². The summed E-state index contributed by atoms with van der Waals surface area (Å²) in [6, 6.07) is 0. The third-order valence-corrected chi connectivity index (χ3v) is 1.17. The summed E-state index contributed by atoms with van der Waals surface area (Å²) in [6.07, 6.45) is 6.57. The van der Waals surface area contributed by atoms with Crippen LogP contribution in [0.5, 0.6) is 0 Å². The van der Waals surface area contributed by atoms with Gasteiger partial charge in [-0.05, 0) is 36.7 Å². The van der Waals surface area contributed by atoms with Gasteiger partial charge in [0.1, 0.15) is 0 Å². The first-order valence-electron chi connectivity index (χ1n) is 3.35.